The molecule has 11 nitrogen and oxygen atoms in total. The van der Waals surface area contributed by atoms with E-state index in [9.17, 15) is 4.79 Å². The number of hydrogen-bond acceptors (Lipinski definition) is 9. The Morgan fingerprint density at radius 2 is 1.97 bits per heavy atom. The maximum atomic E-state index is 13.0. The Hall–Kier alpha value is -4.54. The molecule has 1 amide bonds. The zero-order valence-corrected chi connectivity index (χ0v) is 18.4. The maximum absolute atomic E-state index is 13.0. The summed E-state index contributed by atoms with van der Waals surface area (Å²) >= 11 is 0. The summed E-state index contributed by atoms with van der Waals surface area (Å²) in [5, 5.41) is 14.5. The zero-order valence-electron chi connectivity index (χ0n) is 18.4. The Balaban J connectivity index is 1.38. The van der Waals surface area contributed by atoms with Crippen molar-refractivity contribution in [3.8, 4) is 22.9 Å². The van der Waals surface area contributed by atoms with Crippen molar-refractivity contribution in [1.82, 2.24) is 30.0 Å². The van der Waals surface area contributed by atoms with Gasteiger partial charge in [0.2, 0.25) is 17.6 Å². The van der Waals surface area contributed by atoms with E-state index in [0.717, 1.165) is 30.3 Å². The van der Waals surface area contributed by atoms with Crippen LogP contribution in [0.5, 0.6) is 0 Å². The van der Waals surface area contributed by atoms with Crippen molar-refractivity contribution in [2.45, 2.75) is 32.7 Å². The van der Waals surface area contributed by atoms with Crippen LogP contribution in [0.15, 0.2) is 57.7 Å². The first-order valence-corrected chi connectivity index (χ1v) is 10.9. The van der Waals surface area contributed by atoms with Crippen molar-refractivity contribution >= 4 is 28.4 Å². The van der Waals surface area contributed by atoms with Gasteiger partial charge in [-0.2, -0.15) is 4.98 Å². The SMILES string of the molecule is CCCCc1nc(-c2cccc(NC(=O)Cn3c(-c4nonc4N)nc4ccccc43)c2)no1. The van der Waals surface area contributed by atoms with Crippen molar-refractivity contribution < 1.29 is 13.9 Å². The molecule has 0 radical (unpaired) electrons. The lowest BCUT2D eigenvalue weighted by Gasteiger charge is -2.09. The smallest absolute Gasteiger partial charge is 0.244 e. The number of hydrogen-bond donors (Lipinski definition) is 2. The molecule has 0 spiro atoms. The van der Waals surface area contributed by atoms with E-state index < -0.39 is 0 Å². The van der Waals surface area contributed by atoms with Gasteiger partial charge in [-0.25, -0.2) is 9.61 Å². The topological polar surface area (TPSA) is 151 Å². The number of para-hydroxylation sites is 2. The van der Waals surface area contributed by atoms with Gasteiger partial charge >= 0.3 is 0 Å². The minimum Gasteiger partial charge on any atom is -0.379 e. The number of nitrogen functional groups attached to an aromatic ring is 1. The monoisotopic (exact) mass is 458 g/mol. The highest BCUT2D eigenvalue weighted by Gasteiger charge is 2.20. The Kier molecular flexibility index (Phi) is 5.73. The predicted octanol–water partition coefficient (Wildman–Crippen LogP) is 3.70. The second kappa shape index (κ2) is 9.14. The molecule has 172 valence electrons. The molecule has 0 fully saturated rings. The van der Waals surface area contributed by atoms with Gasteiger partial charge in [0.25, 0.3) is 0 Å². The molecule has 5 aromatic rings. The van der Waals surface area contributed by atoms with E-state index in [1.54, 1.807) is 16.7 Å². The number of rotatable bonds is 8. The third-order valence-electron chi connectivity index (χ3n) is 5.30. The van der Waals surface area contributed by atoms with Gasteiger partial charge in [-0.1, -0.05) is 42.8 Å². The summed E-state index contributed by atoms with van der Waals surface area (Å²) in [6, 6.07) is 14.8. The lowest BCUT2D eigenvalue weighted by Crippen LogP contribution is -2.19. The summed E-state index contributed by atoms with van der Waals surface area (Å²) in [4.78, 5) is 22.0. The van der Waals surface area contributed by atoms with Gasteiger partial charge in [0.05, 0.1) is 11.0 Å². The Labute approximate surface area is 193 Å². The van der Waals surface area contributed by atoms with Gasteiger partial charge in [0, 0.05) is 17.7 Å². The fraction of sp³-hybridized carbons (Fsp3) is 0.217. The van der Waals surface area contributed by atoms with Crippen LogP contribution in [0.4, 0.5) is 11.5 Å². The number of unbranched alkanes of at least 4 members (excludes halogenated alkanes) is 1. The highest BCUT2D eigenvalue weighted by molar-refractivity contribution is 5.93. The van der Waals surface area contributed by atoms with Crippen LogP contribution in [0.3, 0.4) is 0 Å². The number of nitrogens with zero attached hydrogens (tertiary/aromatic N) is 6. The third kappa shape index (κ3) is 4.22. The Bertz CT molecular complexity index is 1450. The molecular weight excluding hydrogens is 436 g/mol. The van der Waals surface area contributed by atoms with Crippen LogP contribution >= 0.6 is 0 Å². The molecule has 3 aromatic heterocycles. The summed E-state index contributed by atoms with van der Waals surface area (Å²) in [5.41, 5.74) is 8.97. The van der Waals surface area contributed by atoms with Gasteiger partial charge in [-0.15, -0.1) is 0 Å². The van der Waals surface area contributed by atoms with E-state index in [-0.39, 0.29) is 24.0 Å². The number of benzene rings is 2. The number of aryl methyl sites for hydroxylation is 1. The van der Waals surface area contributed by atoms with Crippen LogP contribution < -0.4 is 11.1 Å². The van der Waals surface area contributed by atoms with E-state index in [1.807, 2.05) is 36.4 Å². The van der Waals surface area contributed by atoms with Crippen LogP contribution in [-0.4, -0.2) is 35.9 Å². The number of carbonyl (C=O) groups excluding carboxylic acids is 1. The largest absolute Gasteiger partial charge is 0.379 e. The van der Waals surface area contributed by atoms with Crippen LogP contribution in [0.2, 0.25) is 0 Å². The number of imidazole rings is 1. The first-order chi connectivity index (χ1) is 16.6. The molecule has 11 heteroatoms. The number of carbonyl (C=O) groups is 1. The van der Waals surface area contributed by atoms with Gasteiger partial charge in [0.1, 0.15) is 6.54 Å². The minimum absolute atomic E-state index is 0.0181. The summed E-state index contributed by atoms with van der Waals surface area (Å²) in [5.74, 6) is 1.33. The fourth-order valence-corrected chi connectivity index (χ4v) is 3.65. The molecule has 0 atom stereocenters. The van der Waals surface area contributed by atoms with Crippen molar-refractivity contribution in [3.63, 3.8) is 0 Å². The lowest BCUT2D eigenvalue weighted by molar-refractivity contribution is -0.116. The molecule has 34 heavy (non-hydrogen) atoms. The zero-order chi connectivity index (χ0) is 23.5. The Morgan fingerprint density at radius 1 is 1.09 bits per heavy atom. The second-order valence-electron chi connectivity index (χ2n) is 7.75. The highest BCUT2D eigenvalue weighted by Crippen LogP contribution is 2.27. The van der Waals surface area contributed by atoms with Gasteiger partial charge in [-0.05, 0) is 41.0 Å². The molecule has 3 N–H and O–H groups in total. The van der Waals surface area contributed by atoms with Gasteiger partial charge in [-0.3, -0.25) is 4.79 Å². The number of fused-ring (bicyclic) bond motifs is 1. The summed E-state index contributed by atoms with van der Waals surface area (Å²) < 4.78 is 11.8. The molecule has 2 aromatic carbocycles. The van der Waals surface area contributed by atoms with Crippen molar-refractivity contribution in [3.05, 3.63) is 54.4 Å². The molecule has 0 aliphatic carbocycles. The summed E-state index contributed by atoms with van der Waals surface area (Å²) in [6.45, 7) is 2.09. The summed E-state index contributed by atoms with van der Waals surface area (Å²) in [6.07, 6.45) is 2.78. The van der Waals surface area contributed by atoms with Crippen molar-refractivity contribution in [1.29, 1.82) is 0 Å². The van der Waals surface area contributed by atoms with E-state index in [1.165, 1.54) is 0 Å². The van der Waals surface area contributed by atoms with E-state index in [0.29, 0.717) is 28.7 Å². The van der Waals surface area contributed by atoms with Gasteiger partial charge < -0.3 is 20.1 Å². The van der Waals surface area contributed by atoms with Crippen LogP contribution in [0.25, 0.3) is 33.9 Å². The molecule has 0 saturated heterocycles. The quantitative estimate of drug-likeness (QED) is 0.354. The molecule has 0 aliphatic heterocycles. The second-order valence-corrected chi connectivity index (χ2v) is 7.75. The van der Waals surface area contributed by atoms with E-state index >= 15 is 0 Å². The van der Waals surface area contributed by atoms with Gasteiger partial charge in [0.15, 0.2) is 17.3 Å². The van der Waals surface area contributed by atoms with Crippen molar-refractivity contribution in [2.75, 3.05) is 11.1 Å². The molecule has 3 heterocycles. The minimum atomic E-state index is -0.256. The van der Waals surface area contributed by atoms with Crippen LogP contribution in [0, 0.1) is 0 Å². The number of nitrogens with two attached hydrogens (primary N) is 1. The molecule has 0 aliphatic rings. The van der Waals surface area contributed by atoms with Crippen molar-refractivity contribution in [2.24, 2.45) is 0 Å². The average Bonchev–Trinajstić information content (AvgIpc) is 3.57. The molecule has 0 bridgehead atoms. The Morgan fingerprint density at radius 3 is 2.79 bits per heavy atom. The normalized spacial score (nSPS) is 11.2. The highest BCUT2D eigenvalue weighted by atomic mass is 16.6. The van der Waals surface area contributed by atoms with E-state index in [2.05, 4.69) is 37.7 Å². The molecule has 5 rings (SSSR count). The molecule has 0 unspecified atom stereocenters. The fourth-order valence-electron chi connectivity index (χ4n) is 3.65. The summed E-state index contributed by atoms with van der Waals surface area (Å²) in [7, 11) is 0. The first kappa shape index (κ1) is 21.3. The number of anilines is 2. The first-order valence-electron chi connectivity index (χ1n) is 10.9. The van der Waals surface area contributed by atoms with Crippen LogP contribution in [0.1, 0.15) is 25.7 Å². The molecule has 0 saturated carbocycles. The number of nitrogens with one attached hydrogen (secondary N) is 1. The lowest BCUT2D eigenvalue weighted by atomic mass is 10.2. The number of amides is 1. The predicted molar refractivity (Wildman–Crippen MR) is 124 cm³/mol. The third-order valence-corrected chi connectivity index (χ3v) is 5.30. The standard InChI is InChI=1S/C23H22N8O3/c1-2-3-11-19-27-22(30-33-19)14-7-6-8-15(12-14)25-18(32)13-31-17-10-5-4-9-16(17)26-23(31)20-21(24)29-34-28-20/h4-10,12H,2-3,11,13H2,1H3,(H2,24,29)(H,25,32). The van der Waals surface area contributed by atoms with E-state index in [4.69, 9.17) is 14.9 Å². The number of aromatic nitrogens is 6. The van der Waals surface area contributed by atoms with Crippen LogP contribution in [-0.2, 0) is 17.8 Å². The maximum Gasteiger partial charge on any atom is 0.244 e. The average molecular weight is 458 g/mol. The molecular formula is C23H22N8O3.